The molecule has 0 saturated carbocycles. The largest absolute Gasteiger partial charge is 0.289 e. The van der Waals surface area contributed by atoms with Gasteiger partial charge in [-0.25, -0.2) is 0 Å². The molecule has 0 radical (unpaired) electrons. The molecular weight excluding hydrogens is 290 g/mol. The Kier molecular flexibility index (Phi) is 4.13. The highest BCUT2D eigenvalue weighted by Crippen LogP contribution is 2.23. The van der Waals surface area contributed by atoms with E-state index in [0.717, 1.165) is 0 Å². The van der Waals surface area contributed by atoms with Gasteiger partial charge in [-0.3, -0.25) is 9.36 Å². The topological polar surface area (TPSA) is 34.1 Å². The average molecular weight is 297 g/mol. The van der Waals surface area contributed by atoms with Crippen LogP contribution in [-0.4, -0.2) is 5.78 Å². The van der Waals surface area contributed by atoms with Crippen LogP contribution in [0.4, 0.5) is 0 Å². The fraction of sp³-hybridized carbons (Fsp3) is 0. The summed E-state index contributed by atoms with van der Waals surface area (Å²) < 4.78 is 10.6. The minimum absolute atomic E-state index is 0.0685. The van der Waals surface area contributed by atoms with Crippen LogP contribution in [0.3, 0.4) is 0 Å². The molecule has 0 aliphatic carbocycles. The molecule has 90 valence electrons. The lowest BCUT2D eigenvalue weighted by Gasteiger charge is -2.04. The van der Waals surface area contributed by atoms with Gasteiger partial charge in [0.05, 0.1) is 5.02 Å². The van der Waals surface area contributed by atoms with Gasteiger partial charge in [-0.05, 0) is 42.5 Å². The maximum absolute atomic E-state index is 12.2. The van der Waals surface area contributed by atoms with E-state index in [1.807, 2.05) is 0 Å². The molecule has 0 bridgehead atoms. The minimum Gasteiger partial charge on any atom is -0.289 e. The van der Waals surface area contributed by atoms with Crippen LogP contribution < -0.4 is 5.30 Å². The number of benzene rings is 2. The Morgan fingerprint density at radius 2 is 1.67 bits per heavy atom. The van der Waals surface area contributed by atoms with Crippen LogP contribution >= 0.6 is 31.7 Å². The zero-order valence-electron chi connectivity index (χ0n) is 9.06. The molecule has 2 nitrogen and oxygen atoms in total. The lowest BCUT2D eigenvalue weighted by molar-refractivity contribution is 0.103. The molecule has 0 saturated heterocycles. The molecule has 18 heavy (non-hydrogen) atoms. The molecule has 0 amide bonds. The highest BCUT2D eigenvalue weighted by Gasteiger charge is 2.13. The first-order valence-corrected chi connectivity index (χ1v) is 6.62. The first kappa shape index (κ1) is 13.2. The fourth-order valence-corrected chi connectivity index (χ4v) is 2.27. The number of carbonyl (C=O) groups excluding carboxylic acids is 1. The van der Waals surface area contributed by atoms with E-state index in [2.05, 4.69) is 0 Å². The number of hydrogen-bond acceptors (Lipinski definition) is 2. The number of halogens is 2. The number of carbonyl (C=O) groups is 1. The van der Waals surface area contributed by atoms with E-state index in [9.17, 15) is 9.36 Å². The summed E-state index contributed by atoms with van der Waals surface area (Å²) >= 11 is 11.8. The van der Waals surface area contributed by atoms with E-state index >= 15 is 0 Å². The number of ketones is 1. The van der Waals surface area contributed by atoms with Gasteiger partial charge in [0.25, 0.3) is 0 Å². The molecule has 0 unspecified atom stereocenters. The SMILES string of the molecule is O=Pc1ccc(C(=O)c2ccc(Cl)cc2Cl)cc1. The van der Waals surface area contributed by atoms with Crippen LogP contribution in [-0.2, 0) is 4.57 Å². The van der Waals surface area contributed by atoms with Crippen molar-refractivity contribution in [1.29, 1.82) is 0 Å². The Labute approximate surface area is 116 Å². The zero-order valence-corrected chi connectivity index (χ0v) is 11.5. The van der Waals surface area contributed by atoms with Crippen molar-refractivity contribution in [2.24, 2.45) is 0 Å². The molecular formula is C13H7Cl2O2P. The quantitative estimate of drug-likeness (QED) is 0.630. The van der Waals surface area contributed by atoms with Crippen molar-refractivity contribution in [3.8, 4) is 0 Å². The third-order valence-corrected chi connectivity index (χ3v) is 3.47. The highest BCUT2D eigenvalue weighted by atomic mass is 35.5. The van der Waals surface area contributed by atoms with E-state index in [1.165, 1.54) is 6.07 Å². The van der Waals surface area contributed by atoms with E-state index < -0.39 is 0 Å². The maximum Gasteiger partial charge on any atom is 0.194 e. The average Bonchev–Trinajstić information content (AvgIpc) is 2.38. The summed E-state index contributed by atoms with van der Waals surface area (Å²) in [6, 6.07) is 11.2. The van der Waals surface area contributed by atoms with Crippen molar-refractivity contribution < 1.29 is 9.36 Å². The van der Waals surface area contributed by atoms with Crippen LogP contribution in [0.1, 0.15) is 15.9 Å². The third kappa shape index (κ3) is 2.78. The van der Waals surface area contributed by atoms with Gasteiger partial charge < -0.3 is 0 Å². The zero-order chi connectivity index (χ0) is 13.1. The van der Waals surface area contributed by atoms with Crippen LogP contribution in [0.25, 0.3) is 0 Å². The second kappa shape index (κ2) is 5.62. The Bertz CT molecular complexity index is 609. The monoisotopic (exact) mass is 296 g/mol. The molecule has 0 aromatic heterocycles. The van der Waals surface area contributed by atoms with E-state index in [1.54, 1.807) is 36.4 Å². The highest BCUT2D eigenvalue weighted by molar-refractivity contribution is 7.34. The van der Waals surface area contributed by atoms with Crippen molar-refractivity contribution in [2.45, 2.75) is 0 Å². The van der Waals surface area contributed by atoms with Crippen LogP contribution in [0, 0.1) is 0 Å². The van der Waals surface area contributed by atoms with Crippen molar-refractivity contribution in [3.63, 3.8) is 0 Å². The Morgan fingerprint density at radius 3 is 2.22 bits per heavy atom. The number of hydrogen-bond donors (Lipinski definition) is 0. The van der Waals surface area contributed by atoms with Gasteiger partial charge in [0.2, 0.25) is 0 Å². The lowest BCUT2D eigenvalue weighted by atomic mass is 10.0. The van der Waals surface area contributed by atoms with Gasteiger partial charge in [-0.2, -0.15) is 0 Å². The normalized spacial score (nSPS) is 10.6. The van der Waals surface area contributed by atoms with Crippen LogP contribution in [0.15, 0.2) is 42.5 Å². The fourth-order valence-electron chi connectivity index (χ4n) is 1.50. The summed E-state index contributed by atoms with van der Waals surface area (Å²) in [7, 11) is -0.0685. The summed E-state index contributed by atoms with van der Waals surface area (Å²) in [4.78, 5) is 12.2. The molecule has 0 aliphatic rings. The molecule has 0 heterocycles. The molecule has 2 aromatic carbocycles. The predicted molar refractivity (Wildman–Crippen MR) is 73.6 cm³/mol. The maximum atomic E-state index is 12.2. The van der Waals surface area contributed by atoms with Crippen molar-refractivity contribution >= 4 is 42.7 Å². The van der Waals surface area contributed by atoms with E-state index in [0.29, 0.717) is 26.5 Å². The minimum atomic E-state index is -0.189. The summed E-state index contributed by atoms with van der Waals surface area (Å²) in [6.45, 7) is 0. The predicted octanol–water partition coefficient (Wildman–Crippen LogP) is 4.14. The van der Waals surface area contributed by atoms with Gasteiger partial charge in [-0.15, -0.1) is 0 Å². The van der Waals surface area contributed by atoms with Crippen molar-refractivity contribution in [2.75, 3.05) is 0 Å². The second-order valence-electron chi connectivity index (χ2n) is 3.59. The second-order valence-corrected chi connectivity index (χ2v) is 5.13. The van der Waals surface area contributed by atoms with Crippen LogP contribution in [0.5, 0.6) is 0 Å². The van der Waals surface area contributed by atoms with Crippen molar-refractivity contribution in [1.82, 2.24) is 0 Å². The van der Waals surface area contributed by atoms with Crippen molar-refractivity contribution in [3.05, 3.63) is 63.6 Å². The lowest BCUT2D eigenvalue weighted by Crippen LogP contribution is -2.03. The molecule has 2 rings (SSSR count). The van der Waals surface area contributed by atoms with Crippen LogP contribution in [0.2, 0.25) is 10.0 Å². The number of rotatable bonds is 3. The van der Waals surface area contributed by atoms with Gasteiger partial charge in [0.1, 0.15) is 0 Å². The summed E-state index contributed by atoms with van der Waals surface area (Å²) in [5.74, 6) is -0.189. The molecule has 0 fully saturated rings. The molecule has 2 aromatic rings. The smallest absolute Gasteiger partial charge is 0.194 e. The third-order valence-electron chi connectivity index (χ3n) is 2.41. The molecule has 0 atom stereocenters. The molecule has 0 spiro atoms. The molecule has 0 aliphatic heterocycles. The Morgan fingerprint density at radius 1 is 1.00 bits per heavy atom. The van der Waals surface area contributed by atoms with Gasteiger partial charge in [0, 0.05) is 21.5 Å². The van der Waals surface area contributed by atoms with Gasteiger partial charge >= 0.3 is 0 Å². The van der Waals surface area contributed by atoms with Gasteiger partial charge in [0.15, 0.2) is 14.2 Å². The Balaban J connectivity index is 2.38. The standard InChI is InChI=1S/C13H7Cl2O2P/c14-9-3-6-11(12(15)7-9)13(16)8-1-4-10(18-17)5-2-8/h1-7H. The summed E-state index contributed by atoms with van der Waals surface area (Å²) in [6.07, 6.45) is 0. The van der Waals surface area contributed by atoms with Gasteiger partial charge in [-0.1, -0.05) is 23.2 Å². The summed E-state index contributed by atoms with van der Waals surface area (Å²) in [5, 5.41) is 1.42. The first-order valence-electron chi connectivity index (χ1n) is 5.05. The van der Waals surface area contributed by atoms with E-state index in [4.69, 9.17) is 23.2 Å². The van der Waals surface area contributed by atoms with E-state index in [-0.39, 0.29) is 14.2 Å². The molecule has 0 N–H and O–H groups in total. The molecule has 5 heteroatoms. The first-order chi connectivity index (χ1) is 8.61. The summed E-state index contributed by atoms with van der Waals surface area (Å²) in [5.41, 5.74) is 0.889. The Hall–Kier alpha value is -1.21.